The Morgan fingerprint density at radius 2 is 1.72 bits per heavy atom. The van der Waals surface area contributed by atoms with Crippen molar-refractivity contribution in [3.8, 4) is 0 Å². The molecule has 1 amide bonds. The lowest BCUT2D eigenvalue weighted by atomic mass is 9.89. The largest absolute Gasteiger partial charge is 0.417 e. The van der Waals surface area contributed by atoms with E-state index in [2.05, 4.69) is 10.3 Å². The van der Waals surface area contributed by atoms with Crippen LogP contribution < -0.4 is 5.32 Å². The molecule has 0 radical (unpaired) electrons. The molecule has 2 aromatic carbocycles. The van der Waals surface area contributed by atoms with E-state index in [1.54, 1.807) is 12.1 Å². The number of sulfonamides is 1. The molecule has 0 bridgehead atoms. The number of halogens is 5. The maximum absolute atomic E-state index is 13.3. The van der Waals surface area contributed by atoms with Gasteiger partial charge in [-0.3, -0.25) is 9.79 Å². The van der Waals surface area contributed by atoms with Gasteiger partial charge in [-0.25, -0.2) is 8.42 Å². The van der Waals surface area contributed by atoms with E-state index in [1.165, 1.54) is 12.1 Å². The number of hydrogen-bond acceptors (Lipinski definition) is 4. The van der Waals surface area contributed by atoms with Crippen molar-refractivity contribution in [2.75, 3.05) is 13.1 Å². The SMILES string of the molecule is O=C1NC(c2ccc(Cl)cc2Cl)=NC12CCN(S(=O)(=O)c1ccccc1C(F)(F)F)CC2. The van der Waals surface area contributed by atoms with Gasteiger partial charge in [0.1, 0.15) is 11.4 Å². The van der Waals surface area contributed by atoms with Crippen LogP contribution >= 0.6 is 23.2 Å². The Balaban J connectivity index is 1.59. The minimum atomic E-state index is -4.82. The summed E-state index contributed by atoms with van der Waals surface area (Å²) in [7, 11) is -4.42. The van der Waals surface area contributed by atoms with Crippen LogP contribution in [0.25, 0.3) is 0 Å². The number of alkyl halides is 3. The maximum atomic E-state index is 13.3. The fraction of sp³-hybridized carbons (Fsp3) is 0.300. The van der Waals surface area contributed by atoms with Crippen molar-refractivity contribution in [2.45, 2.75) is 29.5 Å². The summed E-state index contributed by atoms with van der Waals surface area (Å²) in [5, 5.41) is 3.37. The number of hydrogen-bond donors (Lipinski definition) is 1. The lowest BCUT2D eigenvalue weighted by Crippen LogP contribution is -2.50. The summed E-state index contributed by atoms with van der Waals surface area (Å²) in [6.45, 7) is -0.319. The van der Waals surface area contributed by atoms with Crippen molar-refractivity contribution < 1.29 is 26.4 Å². The summed E-state index contributed by atoms with van der Waals surface area (Å²) < 4.78 is 66.9. The zero-order chi connectivity index (χ0) is 23.3. The molecule has 0 unspecified atom stereocenters. The lowest BCUT2D eigenvalue weighted by molar-refractivity contribution is -0.139. The van der Waals surface area contributed by atoms with Gasteiger partial charge in [0.15, 0.2) is 0 Å². The molecule has 6 nitrogen and oxygen atoms in total. The Kier molecular flexibility index (Phi) is 5.77. The Morgan fingerprint density at radius 3 is 2.34 bits per heavy atom. The minimum absolute atomic E-state index is 0.0148. The first-order chi connectivity index (χ1) is 14.9. The van der Waals surface area contributed by atoms with E-state index in [1.807, 2.05) is 0 Å². The Hall–Kier alpha value is -2.14. The van der Waals surface area contributed by atoms with Crippen LogP contribution in [0, 0.1) is 0 Å². The van der Waals surface area contributed by atoms with Crippen molar-refractivity contribution >= 4 is 45.0 Å². The topological polar surface area (TPSA) is 78.8 Å². The lowest BCUT2D eigenvalue weighted by Gasteiger charge is -2.35. The molecule has 1 N–H and O–H groups in total. The molecule has 1 saturated heterocycles. The zero-order valence-electron chi connectivity index (χ0n) is 16.3. The molecule has 0 aliphatic carbocycles. The van der Waals surface area contributed by atoms with Gasteiger partial charge in [-0.2, -0.15) is 17.5 Å². The van der Waals surface area contributed by atoms with E-state index in [9.17, 15) is 26.4 Å². The summed E-state index contributed by atoms with van der Waals surface area (Å²) in [6, 6.07) is 8.74. The Morgan fingerprint density at radius 1 is 1.06 bits per heavy atom. The molecule has 2 aromatic rings. The number of piperidine rings is 1. The molecular formula is C20H16Cl2F3N3O3S. The van der Waals surface area contributed by atoms with E-state index in [4.69, 9.17) is 23.2 Å². The molecule has 2 aliphatic rings. The van der Waals surface area contributed by atoms with E-state index in [0.29, 0.717) is 10.6 Å². The smallest absolute Gasteiger partial charge is 0.308 e. The molecule has 1 spiro atoms. The number of benzene rings is 2. The molecule has 0 atom stereocenters. The van der Waals surface area contributed by atoms with Gasteiger partial charge < -0.3 is 5.32 Å². The van der Waals surface area contributed by atoms with Crippen LogP contribution in [0.1, 0.15) is 24.0 Å². The normalized spacial score (nSPS) is 19.2. The Bertz CT molecular complexity index is 1220. The molecule has 32 heavy (non-hydrogen) atoms. The van der Waals surface area contributed by atoms with Gasteiger partial charge >= 0.3 is 6.18 Å². The molecular weight excluding hydrogens is 490 g/mol. The number of aliphatic imine (C=N–C) groups is 1. The van der Waals surface area contributed by atoms with Gasteiger partial charge in [-0.15, -0.1) is 0 Å². The van der Waals surface area contributed by atoms with Crippen LogP contribution in [-0.4, -0.2) is 43.1 Å². The highest BCUT2D eigenvalue weighted by molar-refractivity contribution is 7.89. The van der Waals surface area contributed by atoms with Crippen LogP contribution in [0.4, 0.5) is 13.2 Å². The first-order valence-corrected chi connectivity index (χ1v) is 11.7. The van der Waals surface area contributed by atoms with Gasteiger partial charge in [0.05, 0.1) is 15.5 Å². The molecule has 4 rings (SSSR count). The average Bonchev–Trinajstić information content (AvgIpc) is 3.03. The molecule has 12 heteroatoms. The monoisotopic (exact) mass is 505 g/mol. The van der Waals surface area contributed by atoms with Gasteiger partial charge in [0.25, 0.3) is 5.91 Å². The number of nitrogens with one attached hydrogen (secondary N) is 1. The van der Waals surface area contributed by atoms with Crippen molar-refractivity contribution in [2.24, 2.45) is 4.99 Å². The second kappa shape index (κ2) is 8.02. The molecule has 2 aliphatic heterocycles. The van der Waals surface area contributed by atoms with Crippen molar-refractivity contribution in [1.29, 1.82) is 0 Å². The van der Waals surface area contributed by atoms with Crippen LogP contribution in [0.3, 0.4) is 0 Å². The van der Waals surface area contributed by atoms with E-state index < -0.39 is 38.1 Å². The van der Waals surface area contributed by atoms with Gasteiger partial charge in [0.2, 0.25) is 10.0 Å². The number of amides is 1. The number of carbonyl (C=O) groups excluding carboxylic acids is 1. The van der Waals surface area contributed by atoms with Crippen molar-refractivity contribution in [1.82, 2.24) is 9.62 Å². The predicted octanol–water partition coefficient (Wildman–Crippen LogP) is 4.11. The van der Waals surface area contributed by atoms with E-state index >= 15 is 0 Å². The van der Waals surface area contributed by atoms with Crippen molar-refractivity contribution in [3.63, 3.8) is 0 Å². The first-order valence-electron chi connectivity index (χ1n) is 9.47. The second-order valence-corrected chi connectivity index (χ2v) is 10.2. The highest BCUT2D eigenvalue weighted by atomic mass is 35.5. The van der Waals surface area contributed by atoms with E-state index in [0.717, 1.165) is 22.5 Å². The van der Waals surface area contributed by atoms with Crippen LogP contribution in [0.5, 0.6) is 0 Å². The number of amidine groups is 1. The molecule has 0 saturated carbocycles. The first kappa shape index (κ1) is 23.0. The van der Waals surface area contributed by atoms with Crippen LogP contribution in [0.2, 0.25) is 10.0 Å². The van der Waals surface area contributed by atoms with Gasteiger partial charge in [-0.05, 0) is 43.2 Å². The zero-order valence-corrected chi connectivity index (χ0v) is 18.6. The van der Waals surface area contributed by atoms with Gasteiger partial charge in [-0.1, -0.05) is 35.3 Å². The molecule has 170 valence electrons. The van der Waals surface area contributed by atoms with Crippen LogP contribution in [0.15, 0.2) is 52.4 Å². The quantitative estimate of drug-likeness (QED) is 0.681. The summed E-state index contributed by atoms with van der Waals surface area (Å²) in [5.74, 6) is -0.165. The summed E-state index contributed by atoms with van der Waals surface area (Å²) in [6.07, 6.45) is -4.79. The minimum Gasteiger partial charge on any atom is -0.308 e. The maximum Gasteiger partial charge on any atom is 0.417 e. The third-order valence-electron chi connectivity index (χ3n) is 5.53. The summed E-state index contributed by atoms with van der Waals surface area (Å²) in [4.78, 5) is 16.4. The fourth-order valence-corrected chi connectivity index (χ4v) is 5.98. The average molecular weight is 506 g/mol. The highest BCUT2D eigenvalue weighted by Gasteiger charge is 2.48. The van der Waals surface area contributed by atoms with Crippen molar-refractivity contribution in [3.05, 3.63) is 63.6 Å². The molecule has 1 fully saturated rings. The van der Waals surface area contributed by atoms with E-state index in [-0.39, 0.29) is 36.8 Å². The summed E-state index contributed by atoms with van der Waals surface area (Å²) >= 11 is 12.1. The number of rotatable bonds is 3. The fourth-order valence-electron chi connectivity index (χ4n) is 3.83. The molecule has 2 heterocycles. The van der Waals surface area contributed by atoms with Crippen LogP contribution in [-0.2, 0) is 21.0 Å². The third kappa shape index (κ3) is 4.00. The molecule has 0 aromatic heterocycles. The predicted molar refractivity (Wildman–Crippen MR) is 113 cm³/mol. The number of carbonyl (C=O) groups is 1. The van der Waals surface area contributed by atoms with Gasteiger partial charge in [0, 0.05) is 23.7 Å². The number of nitrogens with zero attached hydrogens (tertiary/aromatic N) is 2. The highest BCUT2D eigenvalue weighted by Crippen LogP contribution is 2.38. The second-order valence-electron chi connectivity index (χ2n) is 7.47. The standard InChI is InChI=1S/C20H16Cl2F3N3O3S/c21-12-5-6-13(15(22)11-12)17-26-18(29)19(27-17)7-9-28(10-8-19)32(30,31)16-4-2-1-3-14(16)20(23,24)25/h1-6,11H,7-10H2,(H,26,27,29). The Labute approximate surface area is 192 Å². The summed E-state index contributed by atoms with van der Waals surface area (Å²) in [5.41, 5.74) is -1.97. The third-order valence-corrected chi connectivity index (χ3v) is 8.03.